The van der Waals surface area contributed by atoms with Crippen LogP contribution in [0.1, 0.15) is 117 Å². The molecule has 0 aromatic heterocycles. The topological polar surface area (TPSA) is 40.5 Å². The number of aliphatic hydroxyl groups excluding tert-OH is 2. The van der Waals surface area contributed by atoms with Crippen molar-refractivity contribution in [2.24, 2.45) is 5.92 Å². The molecule has 0 rings (SSSR count). The van der Waals surface area contributed by atoms with E-state index in [0.717, 1.165) is 18.8 Å². The molecule has 2 unspecified atom stereocenters. The molecular weight excluding hydrogens is 284 g/mol. The minimum Gasteiger partial charge on any atom is -0.394 e. The first-order valence-corrected chi connectivity index (χ1v) is 10.5. The lowest BCUT2D eigenvalue weighted by Gasteiger charge is -2.10. The molecule has 0 fully saturated rings. The summed E-state index contributed by atoms with van der Waals surface area (Å²) in [6.07, 6.45) is 20.6. The first kappa shape index (κ1) is 22.9. The highest BCUT2D eigenvalue weighted by Crippen LogP contribution is 2.18. The lowest BCUT2D eigenvalue weighted by Crippen LogP contribution is -2.10. The average Bonchev–Trinajstić information content (AvgIpc) is 2.55. The fraction of sp³-hybridized carbons (Fsp3) is 1.00. The number of hydrogen-bond acceptors (Lipinski definition) is 2. The predicted molar refractivity (Wildman–Crippen MR) is 102 cm³/mol. The van der Waals surface area contributed by atoms with E-state index in [1.807, 2.05) is 0 Å². The molecule has 2 nitrogen and oxygen atoms in total. The first-order valence-electron chi connectivity index (χ1n) is 10.5. The maximum Gasteiger partial charge on any atom is 0.0770 e. The highest BCUT2D eigenvalue weighted by atomic mass is 16.3. The van der Waals surface area contributed by atoms with Crippen LogP contribution in [0.4, 0.5) is 0 Å². The Labute approximate surface area is 146 Å². The summed E-state index contributed by atoms with van der Waals surface area (Å²) in [5, 5.41) is 18.0. The average molecular weight is 329 g/mol. The maximum atomic E-state index is 9.24. The van der Waals surface area contributed by atoms with Gasteiger partial charge in [0.05, 0.1) is 12.7 Å². The summed E-state index contributed by atoms with van der Waals surface area (Å²) in [5.74, 6) is 0.936. The van der Waals surface area contributed by atoms with Crippen molar-refractivity contribution in [1.82, 2.24) is 0 Å². The Morgan fingerprint density at radius 1 is 0.609 bits per heavy atom. The van der Waals surface area contributed by atoms with Crippen LogP contribution in [0.5, 0.6) is 0 Å². The molecule has 0 saturated heterocycles. The first-order chi connectivity index (χ1) is 11.2. The molecule has 0 heterocycles. The standard InChI is InChI=1S/C21H44O2/c1-3-4-13-16-20(2)17-14-11-9-7-5-6-8-10-12-15-18-21(23)19-22/h20-23H,3-19H2,1-2H3. The molecule has 0 bridgehead atoms. The molecule has 2 N–H and O–H groups in total. The second-order valence-electron chi connectivity index (χ2n) is 7.55. The van der Waals surface area contributed by atoms with Crippen LogP contribution in [0, 0.1) is 5.92 Å². The van der Waals surface area contributed by atoms with Gasteiger partial charge in [-0.15, -0.1) is 0 Å². The Hall–Kier alpha value is -0.0800. The quantitative estimate of drug-likeness (QED) is 0.292. The van der Waals surface area contributed by atoms with E-state index in [4.69, 9.17) is 5.11 Å². The van der Waals surface area contributed by atoms with Gasteiger partial charge in [0.25, 0.3) is 0 Å². The van der Waals surface area contributed by atoms with Crippen molar-refractivity contribution in [1.29, 1.82) is 0 Å². The minimum absolute atomic E-state index is 0.0858. The van der Waals surface area contributed by atoms with Gasteiger partial charge >= 0.3 is 0 Å². The van der Waals surface area contributed by atoms with E-state index in [0.29, 0.717) is 0 Å². The van der Waals surface area contributed by atoms with Gasteiger partial charge in [0.1, 0.15) is 0 Å². The molecule has 23 heavy (non-hydrogen) atoms. The second kappa shape index (κ2) is 18.3. The fourth-order valence-electron chi connectivity index (χ4n) is 3.27. The molecule has 0 saturated carbocycles. The summed E-state index contributed by atoms with van der Waals surface area (Å²) >= 11 is 0. The molecule has 2 atom stereocenters. The summed E-state index contributed by atoms with van der Waals surface area (Å²) < 4.78 is 0. The van der Waals surface area contributed by atoms with E-state index in [2.05, 4.69) is 13.8 Å². The Bertz CT molecular complexity index is 218. The van der Waals surface area contributed by atoms with E-state index in [9.17, 15) is 5.11 Å². The summed E-state index contributed by atoms with van der Waals surface area (Å²) in [4.78, 5) is 0. The van der Waals surface area contributed by atoms with E-state index in [1.165, 1.54) is 89.9 Å². The highest BCUT2D eigenvalue weighted by molar-refractivity contribution is 4.56. The minimum atomic E-state index is -0.496. The van der Waals surface area contributed by atoms with Gasteiger partial charge in [0.15, 0.2) is 0 Å². The summed E-state index contributed by atoms with van der Waals surface area (Å²) in [6, 6.07) is 0. The van der Waals surface area contributed by atoms with Crippen LogP contribution in [0.3, 0.4) is 0 Å². The third-order valence-electron chi connectivity index (χ3n) is 5.00. The maximum absolute atomic E-state index is 9.24. The largest absolute Gasteiger partial charge is 0.394 e. The molecule has 0 aromatic rings. The monoisotopic (exact) mass is 328 g/mol. The molecule has 0 aliphatic carbocycles. The number of aliphatic hydroxyl groups is 2. The zero-order valence-electron chi connectivity index (χ0n) is 16.1. The van der Waals surface area contributed by atoms with Crippen molar-refractivity contribution in [3.05, 3.63) is 0 Å². The van der Waals surface area contributed by atoms with E-state index in [1.54, 1.807) is 0 Å². The van der Waals surface area contributed by atoms with Gasteiger partial charge < -0.3 is 10.2 Å². The van der Waals surface area contributed by atoms with Crippen LogP contribution in [0.25, 0.3) is 0 Å². The third kappa shape index (κ3) is 18.1. The van der Waals surface area contributed by atoms with E-state index >= 15 is 0 Å². The second-order valence-corrected chi connectivity index (χ2v) is 7.55. The molecule has 140 valence electrons. The van der Waals surface area contributed by atoms with Crippen LogP contribution in [0.15, 0.2) is 0 Å². The summed E-state index contributed by atoms with van der Waals surface area (Å²) in [6.45, 7) is 4.62. The van der Waals surface area contributed by atoms with E-state index < -0.39 is 6.10 Å². The Kier molecular flexibility index (Phi) is 18.2. The van der Waals surface area contributed by atoms with Gasteiger partial charge in [-0.2, -0.15) is 0 Å². The molecule has 0 amide bonds. The van der Waals surface area contributed by atoms with Crippen LogP contribution in [0.2, 0.25) is 0 Å². The smallest absolute Gasteiger partial charge is 0.0770 e. The molecule has 0 radical (unpaired) electrons. The molecular formula is C21H44O2. The molecule has 0 aromatic carbocycles. The predicted octanol–water partition coefficient (Wildman–Crippen LogP) is 6.24. The van der Waals surface area contributed by atoms with Crippen molar-refractivity contribution in [3.8, 4) is 0 Å². The van der Waals surface area contributed by atoms with Gasteiger partial charge in [-0.3, -0.25) is 0 Å². The SMILES string of the molecule is CCCCCC(C)CCCCCCCCCCCCC(O)CO. The Morgan fingerprint density at radius 3 is 1.43 bits per heavy atom. The normalized spacial score (nSPS) is 14.1. The number of rotatable bonds is 18. The van der Waals surface area contributed by atoms with Gasteiger partial charge in [0, 0.05) is 0 Å². The van der Waals surface area contributed by atoms with Crippen LogP contribution in [-0.4, -0.2) is 22.9 Å². The third-order valence-corrected chi connectivity index (χ3v) is 5.00. The van der Waals surface area contributed by atoms with Gasteiger partial charge in [-0.25, -0.2) is 0 Å². The van der Waals surface area contributed by atoms with Gasteiger partial charge in [-0.05, 0) is 12.3 Å². The van der Waals surface area contributed by atoms with Crippen molar-refractivity contribution in [3.63, 3.8) is 0 Å². The zero-order chi connectivity index (χ0) is 17.2. The Morgan fingerprint density at radius 2 is 1.00 bits per heavy atom. The lowest BCUT2D eigenvalue weighted by atomic mass is 9.96. The fourth-order valence-corrected chi connectivity index (χ4v) is 3.27. The summed E-state index contributed by atoms with van der Waals surface area (Å²) in [5.41, 5.74) is 0. The van der Waals surface area contributed by atoms with Gasteiger partial charge in [0.2, 0.25) is 0 Å². The molecule has 0 aliphatic rings. The van der Waals surface area contributed by atoms with E-state index in [-0.39, 0.29) is 6.61 Å². The van der Waals surface area contributed by atoms with Crippen molar-refractivity contribution in [2.45, 2.75) is 123 Å². The van der Waals surface area contributed by atoms with Crippen LogP contribution >= 0.6 is 0 Å². The number of unbranched alkanes of at least 4 members (excludes halogenated alkanes) is 11. The molecule has 0 aliphatic heterocycles. The van der Waals surface area contributed by atoms with Crippen molar-refractivity contribution in [2.75, 3.05) is 6.61 Å². The van der Waals surface area contributed by atoms with Crippen molar-refractivity contribution >= 4 is 0 Å². The summed E-state index contributed by atoms with van der Waals surface area (Å²) in [7, 11) is 0. The zero-order valence-corrected chi connectivity index (χ0v) is 16.1. The van der Waals surface area contributed by atoms with Crippen LogP contribution < -0.4 is 0 Å². The molecule has 2 heteroatoms. The van der Waals surface area contributed by atoms with Crippen molar-refractivity contribution < 1.29 is 10.2 Å². The van der Waals surface area contributed by atoms with Crippen LogP contribution in [-0.2, 0) is 0 Å². The molecule has 0 spiro atoms. The Balaban J connectivity index is 3.10. The number of hydrogen-bond donors (Lipinski definition) is 2. The van der Waals surface area contributed by atoms with Gasteiger partial charge in [-0.1, -0.05) is 110 Å². The lowest BCUT2D eigenvalue weighted by molar-refractivity contribution is 0.0860. The highest BCUT2D eigenvalue weighted by Gasteiger charge is 2.02.